The monoisotopic (exact) mass is 483 g/mol. The average molecular weight is 484 g/mol. The van der Waals surface area contributed by atoms with Crippen LogP contribution >= 0.6 is 0 Å². The van der Waals surface area contributed by atoms with Crippen molar-refractivity contribution in [3.05, 3.63) is 35.9 Å². The van der Waals surface area contributed by atoms with Crippen LogP contribution in [0.3, 0.4) is 0 Å². The lowest BCUT2D eigenvalue weighted by Gasteiger charge is -2.44. The van der Waals surface area contributed by atoms with E-state index in [0.29, 0.717) is 32.2 Å². The number of likely N-dealkylation sites (tertiary alicyclic amines) is 1. The van der Waals surface area contributed by atoms with Gasteiger partial charge in [-0.2, -0.15) is 13.2 Å². The van der Waals surface area contributed by atoms with E-state index in [-0.39, 0.29) is 11.8 Å². The summed E-state index contributed by atoms with van der Waals surface area (Å²) in [5.74, 6) is -2.75. The van der Waals surface area contributed by atoms with Gasteiger partial charge in [0.25, 0.3) is 0 Å². The van der Waals surface area contributed by atoms with Crippen LogP contribution in [-0.4, -0.2) is 66.7 Å². The van der Waals surface area contributed by atoms with Crippen molar-refractivity contribution in [3.63, 3.8) is 0 Å². The summed E-state index contributed by atoms with van der Waals surface area (Å²) in [4.78, 5) is 28.1. The number of nitrogens with zero attached hydrogens (tertiary/aromatic N) is 2. The third kappa shape index (κ3) is 6.50. The maximum Gasteiger partial charge on any atom is 0.471 e. The van der Waals surface area contributed by atoms with Gasteiger partial charge in [-0.15, -0.1) is 0 Å². The Morgan fingerprint density at radius 2 is 1.85 bits per heavy atom. The number of esters is 1. The molecule has 1 saturated heterocycles. The van der Waals surface area contributed by atoms with E-state index in [4.69, 9.17) is 10.5 Å². The minimum Gasteiger partial charge on any atom is -0.467 e. The van der Waals surface area contributed by atoms with Gasteiger partial charge in [-0.3, -0.25) is 9.69 Å². The number of rotatable bonds is 9. The first-order chi connectivity index (χ1) is 16.2. The van der Waals surface area contributed by atoms with E-state index >= 15 is 0 Å². The molecule has 9 heteroatoms. The molecule has 1 heterocycles. The van der Waals surface area contributed by atoms with Gasteiger partial charge in [0.1, 0.15) is 6.04 Å². The van der Waals surface area contributed by atoms with E-state index in [2.05, 4.69) is 17.0 Å². The smallest absolute Gasteiger partial charge is 0.467 e. The third-order valence-corrected chi connectivity index (χ3v) is 7.39. The molecule has 3 rings (SSSR count). The van der Waals surface area contributed by atoms with Crippen LogP contribution in [0.25, 0.3) is 0 Å². The van der Waals surface area contributed by atoms with Crippen LogP contribution in [0.5, 0.6) is 0 Å². The normalized spacial score (nSPS) is 24.2. The Hall–Kier alpha value is -2.13. The molecule has 1 amide bonds. The highest BCUT2D eigenvalue weighted by Crippen LogP contribution is 2.46. The van der Waals surface area contributed by atoms with Gasteiger partial charge >= 0.3 is 18.1 Å². The van der Waals surface area contributed by atoms with Gasteiger partial charge in [-0.1, -0.05) is 30.3 Å². The SMILES string of the molecule is COC(=O)[C@@H](CCCCN)N(C(=O)C(F)(F)F)C1CCC2(CC1)CCN(Cc1ccccc1)C2. The molecule has 1 aromatic rings. The molecule has 0 bridgehead atoms. The van der Waals surface area contributed by atoms with Crippen molar-refractivity contribution in [1.82, 2.24) is 9.80 Å². The summed E-state index contributed by atoms with van der Waals surface area (Å²) >= 11 is 0. The van der Waals surface area contributed by atoms with Gasteiger partial charge in [0.15, 0.2) is 0 Å². The summed E-state index contributed by atoms with van der Waals surface area (Å²) in [6.45, 7) is 3.08. The van der Waals surface area contributed by atoms with Crippen molar-refractivity contribution in [2.45, 2.75) is 76.2 Å². The zero-order valence-corrected chi connectivity index (χ0v) is 19.9. The molecule has 190 valence electrons. The highest BCUT2D eigenvalue weighted by Gasteiger charge is 2.51. The molecular formula is C25H36F3N3O3. The first kappa shape index (κ1) is 26.5. The molecule has 1 aliphatic carbocycles. The van der Waals surface area contributed by atoms with Crippen molar-refractivity contribution >= 4 is 11.9 Å². The number of nitrogens with two attached hydrogens (primary N) is 1. The zero-order chi connectivity index (χ0) is 24.8. The van der Waals surface area contributed by atoms with Gasteiger partial charge in [0.05, 0.1) is 7.11 Å². The molecule has 1 aromatic carbocycles. The van der Waals surface area contributed by atoms with Gasteiger partial charge in [-0.05, 0) is 75.4 Å². The van der Waals surface area contributed by atoms with Crippen LogP contribution in [0.1, 0.15) is 56.9 Å². The molecule has 1 saturated carbocycles. The van der Waals surface area contributed by atoms with Crippen molar-refractivity contribution in [2.24, 2.45) is 11.1 Å². The Morgan fingerprint density at radius 3 is 2.44 bits per heavy atom. The fourth-order valence-electron chi connectivity index (χ4n) is 5.60. The van der Waals surface area contributed by atoms with E-state index in [1.165, 1.54) is 5.56 Å². The van der Waals surface area contributed by atoms with Gasteiger partial charge in [0.2, 0.25) is 0 Å². The summed E-state index contributed by atoms with van der Waals surface area (Å²) < 4.78 is 45.5. The molecular weight excluding hydrogens is 447 g/mol. The lowest BCUT2D eigenvalue weighted by molar-refractivity contribution is -0.194. The molecule has 0 unspecified atom stereocenters. The summed E-state index contributed by atoms with van der Waals surface area (Å²) in [7, 11) is 1.14. The Balaban J connectivity index is 1.70. The Kier molecular flexibility index (Phi) is 8.98. The van der Waals surface area contributed by atoms with Gasteiger partial charge < -0.3 is 15.4 Å². The average Bonchev–Trinajstić information content (AvgIpc) is 3.20. The number of ether oxygens (including phenoxy) is 1. The molecule has 34 heavy (non-hydrogen) atoms. The maximum atomic E-state index is 13.6. The van der Waals surface area contributed by atoms with E-state index in [1.54, 1.807) is 0 Å². The molecule has 1 aliphatic heterocycles. The fourth-order valence-corrected chi connectivity index (χ4v) is 5.60. The second kappa shape index (κ2) is 11.5. The van der Waals surface area contributed by atoms with Crippen LogP contribution in [0, 0.1) is 5.41 Å². The summed E-state index contributed by atoms with van der Waals surface area (Å²) in [6.07, 6.45) is -0.557. The molecule has 0 radical (unpaired) electrons. The number of alkyl halides is 3. The number of methoxy groups -OCH3 is 1. The topological polar surface area (TPSA) is 75.9 Å². The van der Waals surface area contributed by atoms with E-state index in [1.807, 2.05) is 18.2 Å². The highest BCUT2D eigenvalue weighted by atomic mass is 19.4. The number of hydrogen-bond donors (Lipinski definition) is 1. The second-order valence-electron chi connectivity index (χ2n) is 9.71. The van der Waals surface area contributed by atoms with Crippen LogP contribution in [0.2, 0.25) is 0 Å². The van der Waals surface area contributed by atoms with Crippen molar-refractivity contribution in [2.75, 3.05) is 26.7 Å². The van der Waals surface area contributed by atoms with Crippen molar-refractivity contribution in [3.8, 4) is 0 Å². The number of hydrogen-bond acceptors (Lipinski definition) is 5. The number of unbranched alkanes of at least 4 members (excludes halogenated alkanes) is 1. The first-order valence-corrected chi connectivity index (χ1v) is 12.1. The minimum absolute atomic E-state index is 0.0541. The highest BCUT2D eigenvalue weighted by molar-refractivity contribution is 5.88. The summed E-state index contributed by atoms with van der Waals surface area (Å²) in [5.41, 5.74) is 6.81. The predicted molar refractivity (Wildman–Crippen MR) is 123 cm³/mol. The number of benzene rings is 1. The fraction of sp³-hybridized carbons (Fsp3) is 0.680. The van der Waals surface area contributed by atoms with Crippen molar-refractivity contribution in [1.29, 1.82) is 0 Å². The number of amides is 1. The van der Waals surface area contributed by atoms with Crippen LogP contribution in [-0.2, 0) is 20.9 Å². The van der Waals surface area contributed by atoms with Crippen LogP contribution in [0.15, 0.2) is 30.3 Å². The molecule has 1 spiro atoms. The van der Waals surface area contributed by atoms with Gasteiger partial charge in [-0.25, -0.2) is 4.79 Å². The summed E-state index contributed by atoms with van der Waals surface area (Å²) in [6, 6.07) is 8.34. The molecule has 2 N–H and O–H groups in total. The molecule has 2 aliphatic rings. The number of halogens is 3. The van der Waals surface area contributed by atoms with Crippen LogP contribution < -0.4 is 5.73 Å². The van der Waals surface area contributed by atoms with E-state index in [9.17, 15) is 22.8 Å². The van der Waals surface area contributed by atoms with Crippen molar-refractivity contribution < 1.29 is 27.5 Å². The lowest BCUT2D eigenvalue weighted by Crippen LogP contribution is -2.56. The number of carbonyl (C=O) groups is 2. The lowest BCUT2D eigenvalue weighted by atomic mass is 9.71. The Labute approximate surface area is 199 Å². The van der Waals surface area contributed by atoms with Gasteiger partial charge in [0, 0.05) is 19.1 Å². The second-order valence-corrected chi connectivity index (χ2v) is 9.71. The quantitative estimate of drug-likeness (QED) is 0.426. The van der Waals surface area contributed by atoms with E-state index in [0.717, 1.165) is 50.9 Å². The van der Waals surface area contributed by atoms with E-state index < -0.39 is 30.1 Å². The molecule has 1 atom stereocenters. The number of carbonyl (C=O) groups excluding carboxylic acids is 2. The van der Waals surface area contributed by atoms with Crippen LogP contribution in [0.4, 0.5) is 13.2 Å². The summed E-state index contributed by atoms with van der Waals surface area (Å²) in [5, 5.41) is 0. The third-order valence-electron chi connectivity index (χ3n) is 7.39. The minimum atomic E-state index is -5.05. The maximum absolute atomic E-state index is 13.6. The molecule has 0 aromatic heterocycles. The first-order valence-electron chi connectivity index (χ1n) is 12.1. The largest absolute Gasteiger partial charge is 0.471 e. The predicted octanol–water partition coefficient (Wildman–Crippen LogP) is 3.88. The Bertz CT molecular complexity index is 811. The Morgan fingerprint density at radius 1 is 1.18 bits per heavy atom. The molecule has 6 nitrogen and oxygen atoms in total. The molecule has 2 fully saturated rings. The standard InChI is InChI=1S/C25H36F3N3O3/c1-34-22(32)21(9-5-6-15-29)31(23(33)25(26,27)28)20-10-12-24(13-11-20)14-16-30(18-24)17-19-7-3-2-4-8-19/h2-4,7-8,20-21H,5-6,9-18,29H2,1H3/t20?,21-,24?/m1/s1. The zero-order valence-electron chi connectivity index (χ0n) is 19.9.